The number of carbonyl (C=O) groups is 1. The lowest BCUT2D eigenvalue weighted by Crippen LogP contribution is -2.35. The first kappa shape index (κ1) is 44.8. The molecule has 298 valence electrons. The average molecular weight is 720 g/mol. The van der Waals surface area contributed by atoms with Gasteiger partial charge in [0.25, 0.3) is 0 Å². The summed E-state index contributed by atoms with van der Waals surface area (Å²) in [5.74, 6) is 2.83. The lowest BCUT2D eigenvalue weighted by Gasteiger charge is -2.42. The molecule has 0 aromatic rings. The number of allylic oxidation sites excluding steroid dienone is 6. The van der Waals surface area contributed by atoms with Crippen LogP contribution < -0.4 is 0 Å². The van der Waals surface area contributed by atoms with Crippen molar-refractivity contribution >= 4 is 5.91 Å². The van der Waals surface area contributed by atoms with Gasteiger partial charge in [0.05, 0.1) is 12.7 Å². The Morgan fingerprint density at radius 1 is 0.846 bits per heavy atom. The van der Waals surface area contributed by atoms with Crippen molar-refractivity contribution in [3.8, 4) is 0 Å². The molecule has 0 spiro atoms. The maximum atomic E-state index is 13.1. The fraction of sp³-hybridized carbons (Fsp3) is 0.816. The van der Waals surface area contributed by atoms with E-state index in [0.717, 1.165) is 62.9 Å². The molecule has 3 aliphatic rings. The van der Waals surface area contributed by atoms with Gasteiger partial charge in [-0.15, -0.1) is 0 Å². The first-order valence-corrected chi connectivity index (χ1v) is 22.9. The SMILES string of the molecule is C=C1CCC(OCCN(CCC)C(=O)CCCCCCC/C=C\CCCCCCCC)C/C1=C/C=C1\CCCC2(C)C(CCCCC(C)C)CCC12. The zero-order chi connectivity index (χ0) is 37.4. The number of rotatable bonds is 27. The van der Waals surface area contributed by atoms with Gasteiger partial charge in [-0.3, -0.25) is 4.79 Å². The Labute approximate surface area is 324 Å². The summed E-state index contributed by atoms with van der Waals surface area (Å²) in [5.41, 5.74) is 4.90. The fourth-order valence-electron chi connectivity index (χ4n) is 9.75. The van der Waals surface area contributed by atoms with Crippen LogP contribution in [-0.2, 0) is 9.53 Å². The smallest absolute Gasteiger partial charge is 0.222 e. The van der Waals surface area contributed by atoms with Crippen LogP contribution in [0.15, 0.2) is 47.6 Å². The Morgan fingerprint density at radius 3 is 2.27 bits per heavy atom. The van der Waals surface area contributed by atoms with Crippen LogP contribution in [0.4, 0.5) is 0 Å². The first-order chi connectivity index (χ1) is 25.3. The fourth-order valence-corrected chi connectivity index (χ4v) is 9.75. The second-order valence-corrected chi connectivity index (χ2v) is 17.9. The molecule has 3 nitrogen and oxygen atoms in total. The van der Waals surface area contributed by atoms with Gasteiger partial charge < -0.3 is 9.64 Å². The number of fused-ring (bicyclic) bond motifs is 1. The number of hydrogen-bond donors (Lipinski definition) is 0. The van der Waals surface area contributed by atoms with E-state index in [9.17, 15) is 4.79 Å². The maximum absolute atomic E-state index is 13.1. The predicted molar refractivity (Wildman–Crippen MR) is 227 cm³/mol. The van der Waals surface area contributed by atoms with Gasteiger partial charge >= 0.3 is 0 Å². The van der Waals surface area contributed by atoms with Crippen LogP contribution in [0.25, 0.3) is 0 Å². The van der Waals surface area contributed by atoms with Gasteiger partial charge in [0.2, 0.25) is 5.91 Å². The van der Waals surface area contributed by atoms with E-state index in [0.29, 0.717) is 24.3 Å². The van der Waals surface area contributed by atoms with Crippen LogP contribution in [0.5, 0.6) is 0 Å². The number of unbranched alkanes of at least 4 members (excludes halogenated alkanes) is 12. The lowest BCUT2D eigenvalue weighted by atomic mass is 9.62. The highest BCUT2D eigenvalue weighted by Crippen LogP contribution is 2.58. The van der Waals surface area contributed by atoms with Gasteiger partial charge in [-0.2, -0.15) is 0 Å². The largest absolute Gasteiger partial charge is 0.376 e. The number of carbonyl (C=O) groups excluding carboxylic acids is 1. The maximum Gasteiger partial charge on any atom is 0.222 e. The molecule has 0 aromatic heterocycles. The third-order valence-electron chi connectivity index (χ3n) is 13.1. The Bertz CT molecular complexity index is 1080. The van der Waals surface area contributed by atoms with Crippen LogP contribution in [0, 0.1) is 23.2 Å². The summed E-state index contributed by atoms with van der Waals surface area (Å²) in [7, 11) is 0. The Morgan fingerprint density at radius 2 is 1.56 bits per heavy atom. The van der Waals surface area contributed by atoms with Crippen LogP contribution in [0.1, 0.15) is 208 Å². The molecule has 4 unspecified atom stereocenters. The molecule has 3 rings (SSSR count). The monoisotopic (exact) mass is 720 g/mol. The molecule has 3 aliphatic carbocycles. The van der Waals surface area contributed by atoms with Crippen LogP contribution in [0.2, 0.25) is 0 Å². The van der Waals surface area contributed by atoms with Crippen molar-refractivity contribution in [3.05, 3.63) is 47.6 Å². The van der Waals surface area contributed by atoms with Gasteiger partial charge in [0, 0.05) is 19.5 Å². The topological polar surface area (TPSA) is 29.5 Å². The number of hydrogen-bond acceptors (Lipinski definition) is 2. The molecule has 0 heterocycles. The van der Waals surface area contributed by atoms with Gasteiger partial charge in [-0.1, -0.05) is 147 Å². The van der Waals surface area contributed by atoms with E-state index in [4.69, 9.17) is 4.74 Å². The van der Waals surface area contributed by atoms with Crippen molar-refractivity contribution in [2.75, 3.05) is 19.7 Å². The van der Waals surface area contributed by atoms with Gasteiger partial charge in [0.15, 0.2) is 0 Å². The lowest BCUT2D eigenvalue weighted by molar-refractivity contribution is -0.132. The average Bonchev–Trinajstić information content (AvgIpc) is 3.47. The van der Waals surface area contributed by atoms with Crippen molar-refractivity contribution in [2.24, 2.45) is 23.2 Å². The second-order valence-electron chi connectivity index (χ2n) is 17.9. The Hall–Kier alpha value is -1.61. The second kappa shape index (κ2) is 26.2. The van der Waals surface area contributed by atoms with Crippen molar-refractivity contribution in [1.82, 2.24) is 4.90 Å². The van der Waals surface area contributed by atoms with E-state index < -0.39 is 0 Å². The summed E-state index contributed by atoms with van der Waals surface area (Å²) in [6, 6.07) is 0. The van der Waals surface area contributed by atoms with E-state index in [1.807, 2.05) is 0 Å². The summed E-state index contributed by atoms with van der Waals surface area (Å²) in [5, 5.41) is 0. The van der Waals surface area contributed by atoms with Crippen molar-refractivity contribution < 1.29 is 9.53 Å². The molecule has 0 N–H and O–H groups in total. The van der Waals surface area contributed by atoms with E-state index in [1.165, 1.54) is 146 Å². The summed E-state index contributed by atoms with van der Waals surface area (Å²) in [6.07, 6.45) is 43.9. The molecule has 0 bridgehead atoms. The number of amides is 1. The summed E-state index contributed by atoms with van der Waals surface area (Å²) in [4.78, 5) is 15.2. The minimum atomic E-state index is 0.234. The van der Waals surface area contributed by atoms with E-state index >= 15 is 0 Å². The summed E-state index contributed by atoms with van der Waals surface area (Å²) in [6.45, 7) is 18.5. The molecule has 1 amide bonds. The summed E-state index contributed by atoms with van der Waals surface area (Å²) >= 11 is 0. The normalized spacial score (nSPS) is 25.2. The standard InChI is InChI=1S/C49H85NO2/c1-7-9-10-11-12-13-14-15-16-17-18-19-20-21-22-29-48(51)50(37-8-2)38-39-52-46-34-30-42(5)44(40-46)32-31-43-27-25-36-49(6)45(33-35-47(43)49)28-24-23-26-41(3)4/h15-16,31-32,41,45-47H,5,7-14,17-30,33-40H2,1-4,6H3/b16-15-,43-31+,44-32-. The molecule has 52 heavy (non-hydrogen) atoms. The first-order valence-electron chi connectivity index (χ1n) is 22.9. The van der Waals surface area contributed by atoms with Crippen LogP contribution in [0.3, 0.4) is 0 Å². The van der Waals surface area contributed by atoms with E-state index in [2.05, 4.69) is 70.4 Å². The molecule has 0 radical (unpaired) electrons. The highest BCUT2D eigenvalue weighted by molar-refractivity contribution is 5.76. The van der Waals surface area contributed by atoms with Gasteiger partial charge in [-0.25, -0.2) is 0 Å². The van der Waals surface area contributed by atoms with Crippen LogP contribution in [-0.4, -0.2) is 36.6 Å². The molecular weight excluding hydrogens is 635 g/mol. The zero-order valence-corrected chi connectivity index (χ0v) is 35.3. The zero-order valence-electron chi connectivity index (χ0n) is 35.3. The third-order valence-corrected chi connectivity index (χ3v) is 13.1. The van der Waals surface area contributed by atoms with Crippen molar-refractivity contribution in [1.29, 1.82) is 0 Å². The summed E-state index contributed by atoms with van der Waals surface area (Å²) < 4.78 is 6.47. The molecule has 0 aliphatic heterocycles. The van der Waals surface area contributed by atoms with Crippen molar-refractivity contribution in [3.63, 3.8) is 0 Å². The minimum absolute atomic E-state index is 0.234. The van der Waals surface area contributed by atoms with E-state index in [1.54, 1.807) is 5.57 Å². The molecule has 0 saturated heterocycles. The van der Waals surface area contributed by atoms with Gasteiger partial charge in [-0.05, 0) is 125 Å². The van der Waals surface area contributed by atoms with Gasteiger partial charge in [0.1, 0.15) is 0 Å². The number of nitrogens with zero attached hydrogens (tertiary/aromatic N) is 1. The molecule has 4 atom stereocenters. The number of ether oxygens (including phenoxy) is 1. The Kier molecular flexibility index (Phi) is 22.6. The van der Waals surface area contributed by atoms with Crippen molar-refractivity contribution in [2.45, 2.75) is 214 Å². The molecule has 3 fully saturated rings. The quantitative estimate of drug-likeness (QED) is 0.0625. The van der Waals surface area contributed by atoms with E-state index in [-0.39, 0.29) is 6.10 Å². The molecule has 3 saturated carbocycles. The molecule has 0 aromatic carbocycles. The predicted octanol–water partition coefficient (Wildman–Crippen LogP) is 14.7. The third kappa shape index (κ3) is 16.4. The van der Waals surface area contributed by atoms with Crippen LogP contribution >= 0.6 is 0 Å². The molecular formula is C49H85NO2. The molecule has 3 heteroatoms. The Balaban J connectivity index is 1.33. The highest BCUT2D eigenvalue weighted by atomic mass is 16.5. The minimum Gasteiger partial charge on any atom is -0.376 e. The highest BCUT2D eigenvalue weighted by Gasteiger charge is 2.48.